The number of halogens is 1. The summed E-state index contributed by atoms with van der Waals surface area (Å²) in [5.74, 6) is 1.13. The highest BCUT2D eigenvalue weighted by Gasteiger charge is 2.17. The second kappa shape index (κ2) is 11.7. The maximum Gasteiger partial charge on any atom is 0.191 e. The molecule has 1 atom stereocenters. The Morgan fingerprint density at radius 1 is 1.30 bits per heavy atom. The van der Waals surface area contributed by atoms with Crippen molar-refractivity contribution in [2.24, 2.45) is 4.99 Å². The predicted octanol–water partition coefficient (Wildman–Crippen LogP) is 2.75. The molecule has 0 radical (unpaired) electrons. The molecule has 1 heterocycles. The molecule has 1 aromatic rings. The van der Waals surface area contributed by atoms with Crippen LogP contribution in [0.1, 0.15) is 42.4 Å². The molecule has 6 nitrogen and oxygen atoms in total. The summed E-state index contributed by atoms with van der Waals surface area (Å²) in [6, 6.07) is 3.89. The van der Waals surface area contributed by atoms with Gasteiger partial charge in [0.25, 0.3) is 0 Å². The molecule has 0 amide bonds. The average molecular weight is 489 g/mol. The van der Waals surface area contributed by atoms with Gasteiger partial charge in [0, 0.05) is 38.9 Å². The van der Waals surface area contributed by atoms with Crippen molar-refractivity contribution in [3.05, 3.63) is 28.8 Å². The summed E-state index contributed by atoms with van der Waals surface area (Å²) in [4.78, 5) is 4.27. The first-order valence-corrected chi connectivity index (χ1v) is 9.74. The molecule has 1 saturated heterocycles. The fraction of sp³-hybridized carbons (Fsp3) is 0.650. The van der Waals surface area contributed by atoms with Gasteiger partial charge in [0.1, 0.15) is 5.75 Å². The number of benzene rings is 1. The van der Waals surface area contributed by atoms with Gasteiger partial charge in [-0.1, -0.05) is 6.07 Å². The molecule has 0 bridgehead atoms. The first-order chi connectivity index (χ1) is 12.8. The number of rotatable bonds is 7. The number of aromatic hydroxyl groups is 1. The van der Waals surface area contributed by atoms with Crippen LogP contribution < -0.4 is 10.6 Å². The van der Waals surface area contributed by atoms with Gasteiger partial charge in [-0.3, -0.25) is 4.99 Å². The summed E-state index contributed by atoms with van der Waals surface area (Å²) in [7, 11) is 1.77. The zero-order valence-electron chi connectivity index (χ0n) is 16.1. The van der Waals surface area contributed by atoms with Crippen LogP contribution in [0.5, 0.6) is 5.75 Å². The highest BCUT2D eigenvalue weighted by Crippen LogP contribution is 2.30. The molecule has 1 unspecified atom stereocenters. The van der Waals surface area contributed by atoms with Crippen LogP contribution in [0, 0.1) is 0 Å². The van der Waals surface area contributed by atoms with Crippen molar-refractivity contribution in [3.63, 3.8) is 0 Å². The molecular weight excluding hydrogens is 457 g/mol. The molecule has 2 aliphatic rings. The lowest BCUT2D eigenvalue weighted by molar-refractivity contribution is 0.0420. The zero-order valence-corrected chi connectivity index (χ0v) is 18.5. The monoisotopic (exact) mass is 489 g/mol. The van der Waals surface area contributed by atoms with Crippen LogP contribution in [0.25, 0.3) is 0 Å². The van der Waals surface area contributed by atoms with Crippen molar-refractivity contribution in [2.75, 3.05) is 33.4 Å². The van der Waals surface area contributed by atoms with Gasteiger partial charge in [-0.25, -0.2) is 0 Å². The van der Waals surface area contributed by atoms with E-state index in [0.29, 0.717) is 12.3 Å². The third kappa shape index (κ3) is 6.50. The van der Waals surface area contributed by atoms with Crippen LogP contribution >= 0.6 is 24.0 Å². The number of nitrogens with zero attached hydrogens (tertiary/aromatic N) is 1. The summed E-state index contributed by atoms with van der Waals surface area (Å²) in [6.07, 6.45) is 6.78. The van der Waals surface area contributed by atoms with Crippen molar-refractivity contribution in [3.8, 4) is 5.75 Å². The van der Waals surface area contributed by atoms with Gasteiger partial charge in [-0.05, 0) is 55.7 Å². The topological polar surface area (TPSA) is 75.1 Å². The van der Waals surface area contributed by atoms with Crippen molar-refractivity contribution in [1.29, 1.82) is 0 Å². The lowest BCUT2D eigenvalue weighted by Gasteiger charge is -2.21. The number of hydrogen-bond acceptors (Lipinski definition) is 4. The number of nitrogens with one attached hydrogen (secondary N) is 2. The van der Waals surface area contributed by atoms with Crippen molar-refractivity contribution in [2.45, 2.75) is 51.2 Å². The van der Waals surface area contributed by atoms with Crippen LogP contribution in [0.4, 0.5) is 0 Å². The summed E-state index contributed by atoms with van der Waals surface area (Å²) in [6.45, 7) is 3.65. The van der Waals surface area contributed by atoms with E-state index in [0.717, 1.165) is 63.6 Å². The van der Waals surface area contributed by atoms with E-state index in [9.17, 15) is 5.11 Å². The number of fused-ring (bicyclic) bond motifs is 1. The number of ether oxygens (including phenoxy) is 2. The number of aliphatic imine (C=N–C) groups is 1. The molecule has 1 fully saturated rings. The number of hydrogen-bond donors (Lipinski definition) is 3. The van der Waals surface area contributed by atoms with Gasteiger partial charge in [0.05, 0.1) is 12.7 Å². The number of aryl methyl sites for hydroxylation is 1. The van der Waals surface area contributed by atoms with Crippen LogP contribution in [-0.2, 0) is 28.9 Å². The maximum absolute atomic E-state index is 10.3. The molecule has 7 heteroatoms. The second-order valence-corrected chi connectivity index (χ2v) is 6.97. The van der Waals surface area contributed by atoms with Gasteiger partial charge in [0.2, 0.25) is 0 Å². The van der Waals surface area contributed by atoms with E-state index < -0.39 is 0 Å². The molecule has 152 valence electrons. The van der Waals surface area contributed by atoms with Crippen molar-refractivity contribution < 1.29 is 14.6 Å². The summed E-state index contributed by atoms with van der Waals surface area (Å²) in [5, 5.41) is 16.9. The number of phenolic OH excluding ortho intramolecular Hbond substituents is 1. The van der Waals surface area contributed by atoms with Gasteiger partial charge < -0.3 is 25.2 Å². The third-order valence-corrected chi connectivity index (χ3v) is 5.14. The van der Waals surface area contributed by atoms with Gasteiger partial charge in [-0.2, -0.15) is 0 Å². The molecule has 1 aliphatic carbocycles. The van der Waals surface area contributed by atoms with E-state index in [1.165, 1.54) is 24.0 Å². The largest absolute Gasteiger partial charge is 0.508 e. The molecule has 0 saturated carbocycles. The summed E-state index contributed by atoms with van der Waals surface area (Å²) in [5.41, 5.74) is 3.70. The summed E-state index contributed by atoms with van der Waals surface area (Å²) >= 11 is 0. The Balaban J connectivity index is 0.00000261. The van der Waals surface area contributed by atoms with E-state index in [2.05, 4.69) is 21.7 Å². The Bertz CT molecular complexity index is 619. The molecule has 3 rings (SSSR count). The van der Waals surface area contributed by atoms with Gasteiger partial charge in [0.15, 0.2) is 5.96 Å². The molecule has 27 heavy (non-hydrogen) atoms. The van der Waals surface area contributed by atoms with E-state index in [1.807, 2.05) is 6.07 Å². The minimum Gasteiger partial charge on any atom is -0.508 e. The lowest BCUT2D eigenvalue weighted by Crippen LogP contribution is -2.38. The smallest absolute Gasteiger partial charge is 0.191 e. The Kier molecular flexibility index (Phi) is 9.64. The quantitative estimate of drug-likeness (QED) is 0.238. The molecule has 0 aromatic heterocycles. The van der Waals surface area contributed by atoms with Crippen molar-refractivity contribution in [1.82, 2.24) is 10.6 Å². The Morgan fingerprint density at radius 3 is 2.93 bits per heavy atom. The van der Waals surface area contributed by atoms with Crippen LogP contribution in [0.2, 0.25) is 0 Å². The van der Waals surface area contributed by atoms with Gasteiger partial charge >= 0.3 is 0 Å². The van der Waals surface area contributed by atoms with Crippen LogP contribution in [0.3, 0.4) is 0 Å². The SMILES string of the molecule is CN=C(NCCCOC1CCOC1)NCc1c(O)ccc2c1CCCC2.I. The molecule has 1 aromatic carbocycles. The Labute approximate surface area is 179 Å². The highest BCUT2D eigenvalue weighted by molar-refractivity contribution is 14.0. The number of guanidine groups is 1. The maximum atomic E-state index is 10.3. The van der Waals surface area contributed by atoms with E-state index in [1.54, 1.807) is 7.05 Å². The van der Waals surface area contributed by atoms with Gasteiger partial charge in [-0.15, -0.1) is 24.0 Å². The molecule has 0 spiro atoms. The number of phenols is 1. The van der Waals surface area contributed by atoms with Crippen LogP contribution in [0.15, 0.2) is 17.1 Å². The van der Waals surface area contributed by atoms with E-state index in [-0.39, 0.29) is 30.1 Å². The first-order valence-electron chi connectivity index (χ1n) is 9.74. The predicted molar refractivity (Wildman–Crippen MR) is 118 cm³/mol. The van der Waals surface area contributed by atoms with Crippen LogP contribution in [-0.4, -0.2) is 50.6 Å². The molecule has 1 aliphatic heterocycles. The fourth-order valence-electron chi connectivity index (χ4n) is 3.66. The van der Waals surface area contributed by atoms with E-state index >= 15 is 0 Å². The normalized spacial score (nSPS) is 19.3. The summed E-state index contributed by atoms with van der Waals surface area (Å²) < 4.78 is 11.1. The third-order valence-electron chi connectivity index (χ3n) is 5.14. The Morgan fingerprint density at radius 2 is 2.15 bits per heavy atom. The Hall–Kier alpha value is -1.06. The molecular formula is C20H32IN3O3. The minimum absolute atomic E-state index is 0. The lowest BCUT2D eigenvalue weighted by atomic mass is 9.88. The first kappa shape index (κ1) is 22.2. The second-order valence-electron chi connectivity index (χ2n) is 6.97. The standard InChI is InChI=1S/C20H31N3O3.HI/c1-21-20(22-10-4-11-26-16-9-12-25-14-16)23-13-18-17-6-3-2-5-15(17)7-8-19(18)24;/h7-8,16,24H,2-6,9-14H2,1H3,(H2,21,22,23);1H. The minimum atomic E-state index is 0. The highest BCUT2D eigenvalue weighted by atomic mass is 127. The zero-order chi connectivity index (χ0) is 18.2. The van der Waals surface area contributed by atoms with E-state index in [4.69, 9.17) is 9.47 Å². The molecule has 3 N–H and O–H groups in total. The van der Waals surface area contributed by atoms with Crippen molar-refractivity contribution >= 4 is 29.9 Å². The average Bonchev–Trinajstić information content (AvgIpc) is 3.18. The fourth-order valence-corrected chi connectivity index (χ4v) is 3.66.